The lowest BCUT2D eigenvalue weighted by atomic mass is 10.1. The number of benzene rings is 1. The number of rotatable bonds is 2. The monoisotopic (exact) mass is 272 g/mol. The minimum atomic E-state index is 0.0638. The van der Waals surface area contributed by atoms with Gasteiger partial charge in [0.05, 0.1) is 0 Å². The molecular weight excluding hydrogens is 263 g/mol. The predicted octanol–water partition coefficient (Wildman–Crippen LogP) is 3.05. The van der Waals surface area contributed by atoms with Crippen LogP contribution in [0.4, 0.5) is 0 Å². The third-order valence-corrected chi connectivity index (χ3v) is 2.17. The molecule has 0 saturated carbocycles. The molecule has 1 aromatic rings. The first-order valence-corrected chi connectivity index (χ1v) is 4.74. The Balaban J connectivity index is 2.90. The van der Waals surface area contributed by atoms with Crippen LogP contribution in [0.2, 0.25) is 0 Å². The summed E-state index contributed by atoms with van der Waals surface area (Å²) in [6, 6.07) is 7.53. The molecule has 0 aliphatic carbocycles. The fourth-order valence-corrected chi connectivity index (χ4v) is 1.22. The van der Waals surface area contributed by atoms with Crippen molar-refractivity contribution < 1.29 is 4.79 Å². The maximum atomic E-state index is 11.3. The summed E-state index contributed by atoms with van der Waals surface area (Å²) >= 11 is 2.21. The van der Waals surface area contributed by atoms with Gasteiger partial charge in [0.25, 0.3) is 0 Å². The van der Waals surface area contributed by atoms with Crippen LogP contribution in [0.3, 0.4) is 0 Å². The summed E-state index contributed by atoms with van der Waals surface area (Å²) in [5, 5.41) is 0. The van der Waals surface area contributed by atoms with Gasteiger partial charge in [-0.2, -0.15) is 0 Å². The average Bonchev–Trinajstić information content (AvgIpc) is 2.06. The predicted molar refractivity (Wildman–Crippen MR) is 58.3 cm³/mol. The minimum Gasteiger partial charge on any atom is -0.289 e. The normalized spacial score (nSPS) is 10.5. The Bertz CT molecular complexity index is 298. The van der Waals surface area contributed by atoms with E-state index >= 15 is 0 Å². The zero-order valence-corrected chi connectivity index (χ0v) is 8.91. The zero-order valence-electron chi connectivity index (χ0n) is 6.75. The molecule has 62 valence electrons. The van der Waals surface area contributed by atoms with E-state index in [-0.39, 0.29) is 5.78 Å². The van der Waals surface area contributed by atoms with E-state index in [0.29, 0.717) is 0 Å². The molecule has 1 nitrogen and oxygen atoms in total. The summed E-state index contributed by atoms with van der Waals surface area (Å²) in [6.07, 6.45) is 3.32. The van der Waals surface area contributed by atoms with E-state index in [4.69, 9.17) is 0 Å². The third kappa shape index (κ3) is 2.44. The zero-order chi connectivity index (χ0) is 8.97. The highest BCUT2D eigenvalue weighted by Crippen LogP contribution is 2.07. The second kappa shape index (κ2) is 4.40. The maximum Gasteiger partial charge on any atom is 0.185 e. The average molecular weight is 272 g/mol. The molecule has 0 radical (unpaired) electrons. The molecule has 0 aliphatic rings. The van der Waals surface area contributed by atoms with Crippen molar-refractivity contribution >= 4 is 28.4 Å². The summed E-state index contributed by atoms with van der Waals surface area (Å²) in [6.45, 7) is 1.84. The first kappa shape index (κ1) is 9.45. The van der Waals surface area contributed by atoms with Crippen LogP contribution in [-0.2, 0) is 0 Å². The number of halogens is 1. The minimum absolute atomic E-state index is 0.0638. The smallest absolute Gasteiger partial charge is 0.185 e. The largest absolute Gasteiger partial charge is 0.289 e. The maximum absolute atomic E-state index is 11.3. The van der Waals surface area contributed by atoms with Crippen molar-refractivity contribution in [2.24, 2.45) is 0 Å². The van der Waals surface area contributed by atoms with E-state index in [2.05, 4.69) is 22.6 Å². The fourth-order valence-electron chi connectivity index (χ4n) is 0.862. The highest BCUT2D eigenvalue weighted by molar-refractivity contribution is 14.1. The van der Waals surface area contributed by atoms with Crippen LogP contribution >= 0.6 is 22.6 Å². The highest BCUT2D eigenvalue weighted by Gasteiger charge is 1.98. The summed E-state index contributed by atoms with van der Waals surface area (Å²) < 4.78 is 1.14. The van der Waals surface area contributed by atoms with Gasteiger partial charge in [0.15, 0.2) is 5.78 Å². The van der Waals surface area contributed by atoms with E-state index in [1.807, 2.05) is 31.2 Å². The van der Waals surface area contributed by atoms with Crippen molar-refractivity contribution in [3.05, 3.63) is 45.6 Å². The van der Waals surface area contributed by atoms with Crippen LogP contribution < -0.4 is 0 Å². The molecule has 0 saturated heterocycles. The van der Waals surface area contributed by atoms with Crippen LogP contribution in [0.5, 0.6) is 0 Å². The van der Waals surface area contributed by atoms with Crippen LogP contribution in [0, 0.1) is 3.57 Å². The van der Waals surface area contributed by atoms with Crippen molar-refractivity contribution in [1.29, 1.82) is 0 Å². The van der Waals surface area contributed by atoms with E-state index in [0.717, 1.165) is 9.13 Å². The second-order valence-corrected chi connectivity index (χ2v) is 3.62. The van der Waals surface area contributed by atoms with Crippen molar-refractivity contribution in [3.63, 3.8) is 0 Å². The van der Waals surface area contributed by atoms with E-state index in [1.54, 1.807) is 12.2 Å². The highest BCUT2D eigenvalue weighted by atomic mass is 127. The number of hydrogen-bond donors (Lipinski definition) is 0. The lowest BCUT2D eigenvalue weighted by Crippen LogP contribution is -1.92. The van der Waals surface area contributed by atoms with Crippen LogP contribution in [0.15, 0.2) is 36.4 Å². The van der Waals surface area contributed by atoms with Crippen molar-refractivity contribution in [1.82, 2.24) is 0 Å². The first-order chi connectivity index (χ1) is 5.74. The van der Waals surface area contributed by atoms with Gasteiger partial charge in [0.1, 0.15) is 0 Å². The van der Waals surface area contributed by atoms with Crippen molar-refractivity contribution in [2.75, 3.05) is 0 Å². The molecule has 0 fully saturated rings. The van der Waals surface area contributed by atoms with Gasteiger partial charge in [-0.3, -0.25) is 4.79 Å². The quantitative estimate of drug-likeness (QED) is 0.459. The third-order valence-electron chi connectivity index (χ3n) is 1.45. The molecule has 12 heavy (non-hydrogen) atoms. The molecule has 0 heterocycles. The summed E-state index contributed by atoms with van der Waals surface area (Å²) in [5.41, 5.74) is 0.744. The molecule has 0 unspecified atom stereocenters. The molecule has 1 aromatic carbocycles. The number of hydrogen-bond acceptors (Lipinski definition) is 1. The van der Waals surface area contributed by atoms with Crippen molar-refractivity contribution in [2.45, 2.75) is 6.92 Å². The number of allylic oxidation sites excluding steroid dienone is 2. The van der Waals surface area contributed by atoms with Gasteiger partial charge in [0, 0.05) is 9.13 Å². The molecular formula is C10H9IO. The number of carbonyl (C=O) groups is 1. The Morgan fingerprint density at radius 1 is 1.33 bits per heavy atom. The molecule has 2 heteroatoms. The molecule has 0 bridgehead atoms. The van der Waals surface area contributed by atoms with Gasteiger partial charge < -0.3 is 0 Å². The number of carbonyl (C=O) groups excluding carboxylic acids is 1. The Hall–Kier alpha value is -0.640. The van der Waals surface area contributed by atoms with E-state index < -0.39 is 0 Å². The Morgan fingerprint density at radius 3 is 2.42 bits per heavy atom. The van der Waals surface area contributed by atoms with Gasteiger partial charge in [-0.15, -0.1) is 0 Å². The fraction of sp³-hybridized carbons (Fsp3) is 0.100. The Morgan fingerprint density at radius 2 is 1.92 bits per heavy atom. The van der Waals surface area contributed by atoms with Gasteiger partial charge in [-0.05, 0) is 47.7 Å². The van der Waals surface area contributed by atoms with Gasteiger partial charge >= 0.3 is 0 Å². The lowest BCUT2D eigenvalue weighted by Gasteiger charge is -1.94. The van der Waals surface area contributed by atoms with Gasteiger partial charge in [0.2, 0.25) is 0 Å². The SMILES string of the molecule is C/C=C/C(=O)c1ccc(I)cc1. The molecule has 0 amide bonds. The summed E-state index contributed by atoms with van der Waals surface area (Å²) in [5.74, 6) is 0.0638. The molecule has 0 aromatic heterocycles. The lowest BCUT2D eigenvalue weighted by molar-refractivity contribution is 0.104. The van der Waals surface area contributed by atoms with Crippen LogP contribution in [0.25, 0.3) is 0 Å². The first-order valence-electron chi connectivity index (χ1n) is 3.66. The van der Waals surface area contributed by atoms with E-state index in [1.165, 1.54) is 0 Å². The van der Waals surface area contributed by atoms with Gasteiger partial charge in [-0.1, -0.05) is 18.2 Å². The Labute approximate surface area is 85.6 Å². The van der Waals surface area contributed by atoms with E-state index in [9.17, 15) is 4.79 Å². The summed E-state index contributed by atoms with van der Waals surface area (Å²) in [7, 11) is 0. The Kier molecular flexibility index (Phi) is 3.47. The van der Waals surface area contributed by atoms with Gasteiger partial charge in [-0.25, -0.2) is 0 Å². The molecule has 0 spiro atoms. The van der Waals surface area contributed by atoms with Crippen LogP contribution in [-0.4, -0.2) is 5.78 Å². The molecule has 0 N–H and O–H groups in total. The molecule has 0 atom stereocenters. The van der Waals surface area contributed by atoms with Crippen molar-refractivity contribution in [3.8, 4) is 0 Å². The standard InChI is InChI=1S/C10H9IO/c1-2-3-10(12)8-4-6-9(11)7-5-8/h2-7H,1H3/b3-2+. The van der Waals surface area contributed by atoms with Crippen LogP contribution in [0.1, 0.15) is 17.3 Å². The topological polar surface area (TPSA) is 17.1 Å². The molecule has 0 aliphatic heterocycles. The second-order valence-electron chi connectivity index (χ2n) is 2.37. The molecule has 1 rings (SSSR count). The number of ketones is 1. The summed E-state index contributed by atoms with van der Waals surface area (Å²) in [4.78, 5) is 11.3.